The Labute approximate surface area is 253 Å². The molecule has 0 aliphatic carbocycles. The Kier molecular flexibility index (Phi) is 11.7. The van der Waals surface area contributed by atoms with Gasteiger partial charge in [0.25, 0.3) is 0 Å². The summed E-state index contributed by atoms with van der Waals surface area (Å²) in [4.78, 5) is 21.4. The zero-order chi connectivity index (χ0) is 30.1. The molecule has 5 heteroatoms. The molecule has 0 spiro atoms. The summed E-state index contributed by atoms with van der Waals surface area (Å²) in [6.45, 7) is 16.0. The van der Waals surface area contributed by atoms with Crippen LogP contribution in [0.15, 0.2) is 78.9 Å². The number of hydrogen-bond acceptors (Lipinski definition) is 3. The molecule has 0 radical (unpaired) electrons. The number of nitrogens with zero attached hydrogens (tertiary/aromatic N) is 3. The third-order valence-corrected chi connectivity index (χ3v) is 8.55. The topological polar surface area (TPSA) is 26.8 Å². The van der Waals surface area contributed by atoms with Gasteiger partial charge in [0.05, 0.1) is 12.1 Å². The second-order valence-electron chi connectivity index (χ2n) is 12.8. The van der Waals surface area contributed by atoms with Gasteiger partial charge in [-0.25, -0.2) is 4.39 Å². The van der Waals surface area contributed by atoms with Crippen molar-refractivity contribution < 1.29 is 9.18 Å². The monoisotopic (exact) mass is 571 g/mol. The first-order chi connectivity index (χ1) is 20.2. The van der Waals surface area contributed by atoms with Crippen LogP contribution in [0.2, 0.25) is 0 Å². The molecule has 0 bridgehead atoms. The highest BCUT2D eigenvalue weighted by atomic mass is 19.1. The first-order valence-corrected chi connectivity index (χ1v) is 15.8. The third-order valence-electron chi connectivity index (χ3n) is 8.55. The molecule has 0 saturated carbocycles. The summed E-state index contributed by atoms with van der Waals surface area (Å²) in [6.07, 6.45) is 2.90. The summed E-state index contributed by atoms with van der Waals surface area (Å²) in [5.41, 5.74) is 4.71. The summed E-state index contributed by atoms with van der Waals surface area (Å²) in [5, 5.41) is 0. The molecule has 42 heavy (non-hydrogen) atoms. The molecule has 3 aromatic carbocycles. The van der Waals surface area contributed by atoms with E-state index in [0.29, 0.717) is 24.9 Å². The maximum Gasteiger partial charge on any atom is 0.240 e. The molecule has 4 rings (SSSR count). The zero-order valence-electron chi connectivity index (χ0n) is 26.3. The molecular weight excluding hydrogens is 521 g/mol. The molecular formula is C37H50FN3O. The van der Waals surface area contributed by atoms with E-state index in [2.05, 4.69) is 97.8 Å². The van der Waals surface area contributed by atoms with Crippen molar-refractivity contribution in [2.75, 3.05) is 39.3 Å². The molecule has 4 nitrogen and oxygen atoms in total. The van der Waals surface area contributed by atoms with Crippen LogP contribution in [0.3, 0.4) is 0 Å². The van der Waals surface area contributed by atoms with Crippen molar-refractivity contribution in [2.24, 2.45) is 11.8 Å². The second kappa shape index (κ2) is 15.5. The molecule has 226 valence electrons. The van der Waals surface area contributed by atoms with Gasteiger partial charge in [0, 0.05) is 26.2 Å². The SMILES string of the molecule is Cc1ccc(C(c2ccc(F)cc2)N2CCN(C(=O)[C@H](Cc3ccccc3)N(CCC(C)C)CCC(C)C)CC2)cc1. The maximum atomic E-state index is 14.3. The van der Waals surface area contributed by atoms with Gasteiger partial charge in [-0.2, -0.15) is 0 Å². The van der Waals surface area contributed by atoms with Crippen LogP contribution in [0.4, 0.5) is 4.39 Å². The Hall–Kier alpha value is -3.02. The number of hydrogen-bond donors (Lipinski definition) is 0. The lowest BCUT2D eigenvalue weighted by atomic mass is 9.95. The molecule has 1 saturated heterocycles. The van der Waals surface area contributed by atoms with Crippen LogP contribution in [0, 0.1) is 24.6 Å². The van der Waals surface area contributed by atoms with Crippen LogP contribution in [0.25, 0.3) is 0 Å². The molecule has 3 aromatic rings. The van der Waals surface area contributed by atoms with Crippen LogP contribution in [0.5, 0.6) is 0 Å². The fourth-order valence-corrected chi connectivity index (χ4v) is 5.90. The number of carbonyl (C=O) groups is 1. The summed E-state index contributed by atoms with van der Waals surface area (Å²) < 4.78 is 13.8. The largest absolute Gasteiger partial charge is 0.339 e. The van der Waals surface area contributed by atoms with E-state index < -0.39 is 0 Å². The van der Waals surface area contributed by atoms with Crippen LogP contribution in [-0.4, -0.2) is 65.9 Å². The van der Waals surface area contributed by atoms with Gasteiger partial charge in [-0.1, -0.05) is 100.0 Å². The summed E-state index contributed by atoms with van der Waals surface area (Å²) in [5.74, 6) is 1.21. The van der Waals surface area contributed by atoms with Crippen molar-refractivity contribution in [2.45, 2.75) is 66.0 Å². The van der Waals surface area contributed by atoms with E-state index in [1.807, 2.05) is 18.2 Å². The fourth-order valence-electron chi connectivity index (χ4n) is 5.90. The van der Waals surface area contributed by atoms with Crippen molar-refractivity contribution in [3.8, 4) is 0 Å². The lowest BCUT2D eigenvalue weighted by Crippen LogP contribution is -2.56. The number of carbonyl (C=O) groups excluding carboxylic acids is 1. The first kappa shape index (κ1) is 31.9. The number of piperazine rings is 1. The fraction of sp³-hybridized carbons (Fsp3) is 0.486. The van der Waals surface area contributed by atoms with Gasteiger partial charge < -0.3 is 4.90 Å². The van der Waals surface area contributed by atoms with Crippen molar-refractivity contribution >= 4 is 5.91 Å². The number of halogens is 1. The summed E-state index contributed by atoms with van der Waals surface area (Å²) in [7, 11) is 0. The standard InChI is InChI=1S/C37H50FN3O/c1-28(2)19-21-39(22-20-29(3)4)35(27-31-9-7-6-8-10-31)37(42)41-25-23-40(24-26-41)36(32-13-11-30(5)12-14-32)33-15-17-34(38)18-16-33/h6-18,28-29,35-36H,19-27H2,1-5H3/t35-,36?/m0/s1. The molecule has 1 aliphatic rings. The van der Waals surface area contributed by atoms with E-state index in [0.717, 1.165) is 51.0 Å². The van der Waals surface area contributed by atoms with E-state index in [4.69, 9.17) is 0 Å². The number of aryl methyl sites for hydroxylation is 1. The molecule has 1 amide bonds. The molecule has 0 aromatic heterocycles. The minimum atomic E-state index is -0.222. The predicted molar refractivity (Wildman–Crippen MR) is 172 cm³/mol. The number of benzene rings is 3. The molecule has 1 heterocycles. The van der Waals surface area contributed by atoms with E-state index in [9.17, 15) is 9.18 Å². The van der Waals surface area contributed by atoms with Crippen LogP contribution in [-0.2, 0) is 11.2 Å². The van der Waals surface area contributed by atoms with E-state index in [1.54, 1.807) is 12.1 Å². The van der Waals surface area contributed by atoms with Gasteiger partial charge >= 0.3 is 0 Å². The average Bonchev–Trinajstić information content (AvgIpc) is 2.98. The molecule has 1 fully saturated rings. The van der Waals surface area contributed by atoms with Crippen LogP contribution in [0.1, 0.15) is 68.8 Å². The molecule has 0 N–H and O–H groups in total. The highest BCUT2D eigenvalue weighted by molar-refractivity contribution is 5.82. The van der Waals surface area contributed by atoms with Gasteiger partial charge in [-0.05, 0) is 79.9 Å². The highest BCUT2D eigenvalue weighted by Crippen LogP contribution is 2.30. The number of rotatable bonds is 13. The van der Waals surface area contributed by atoms with Gasteiger partial charge in [-0.3, -0.25) is 14.6 Å². The van der Waals surface area contributed by atoms with E-state index >= 15 is 0 Å². The zero-order valence-corrected chi connectivity index (χ0v) is 26.3. The Morgan fingerprint density at radius 2 is 1.29 bits per heavy atom. The van der Waals surface area contributed by atoms with Crippen molar-refractivity contribution in [1.82, 2.24) is 14.7 Å². The second-order valence-corrected chi connectivity index (χ2v) is 12.8. The van der Waals surface area contributed by atoms with Gasteiger partial charge in [-0.15, -0.1) is 0 Å². The van der Waals surface area contributed by atoms with Crippen molar-refractivity contribution in [3.63, 3.8) is 0 Å². The smallest absolute Gasteiger partial charge is 0.240 e. The highest BCUT2D eigenvalue weighted by Gasteiger charge is 2.34. The third kappa shape index (κ3) is 8.99. The lowest BCUT2D eigenvalue weighted by molar-refractivity contribution is -0.139. The van der Waals surface area contributed by atoms with Crippen molar-refractivity contribution in [3.05, 3.63) is 107 Å². The van der Waals surface area contributed by atoms with Crippen LogP contribution < -0.4 is 0 Å². The predicted octanol–water partition coefficient (Wildman–Crippen LogP) is 7.37. The minimum absolute atomic E-state index is 0.0251. The molecule has 2 atom stereocenters. The molecule has 1 aliphatic heterocycles. The summed E-state index contributed by atoms with van der Waals surface area (Å²) >= 11 is 0. The normalized spacial score (nSPS) is 15.9. The molecule has 1 unspecified atom stereocenters. The number of amides is 1. The Bertz CT molecular complexity index is 1160. The van der Waals surface area contributed by atoms with Gasteiger partial charge in [0.1, 0.15) is 5.82 Å². The van der Waals surface area contributed by atoms with E-state index in [-0.39, 0.29) is 23.8 Å². The van der Waals surface area contributed by atoms with E-state index in [1.165, 1.54) is 16.7 Å². The van der Waals surface area contributed by atoms with Gasteiger partial charge in [0.2, 0.25) is 5.91 Å². The summed E-state index contributed by atoms with van der Waals surface area (Å²) in [6, 6.07) is 25.9. The lowest BCUT2D eigenvalue weighted by Gasteiger charge is -2.42. The van der Waals surface area contributed by atoms with Crippen molar-refractivity contribution in [1.29, 1.82) is 0 Å². The van der Waals surface area contributed by atoms with Crippen LogP contribution >= 0.6 is 0 Å². The Morgan fingerprint density at radius 1 is 0.762 bits per heavy atom. The minimum Gasteiger partial charge on any atom is -0.339 e. The van der Waals surface area contributed by atoms with Gasteiger partial charge in [0.15, 0.2) is 0 Å². The average molecular weight is 572 g/mol. The first-order valence-electron chi connectivity index (χ1n) is 15.8. The Morgan fingerprint density at radius 3 is 1.81 bits per heavy atom. The maximum absolute atomic E-state index is 14.3. The Balaban J connectivity index is 1.54. The quantitative estimate of drug-likeness (QED) is 0.214.